The van der Waals surface area contributed by atoms with Crippen LogP contribution in [0.2, 0.25) is 0 Å². The van der Waals surface area contributed by atoms with E-state index in [1.807, 2.05) is 65.8 Å². The Morgan fingerprint density at radius 3 is 1.33 bits per heavy atom. The van der Waals surface area contributed by atoms with Gasteiger partial charge in [0, 0.05) is 25.7 Å². The van der Waals surface area contributed by atoms with E-state index in [2.05, 4.69) is 0 Å². The Labute approximate surface area is 215 Å². The minimum atomic E-state index is -0.221. The van der Waals surface area contributed by atoms with Gasteiger partial charge in [-0.1, -0.05) is 41.5 Å². The zero-order chi connectivity index (χ0) is 26.7. The third-order valence-electron chi connectivity index (χ3n) is 6.63. The van der Waals surface area contributed by atoms with Crippen molar-refractivity contribution in [2.75, 3.05) is 0 Å². The molecule has 0 aromatic heterocycles. The SMILES string of the molecule is CCCC(O)=C1C(=O)CC(C)(C)CC1=Nc1ccc(N=C2CC(C)(C)CC(=O)C2=C(O)CCC)cc1. The summed E-state index contributed by atoms with van der Waals surface area (Å²) in [7, 11) is 0. The summed E-state index contributed by atoms with van der Waals surface area (Å²) in [6.07, 6.45) is 4.39. The first kappa shape index (κ1) is 27.6. The highest BCUT2D eigenvalue weighted by molar-refractivity contribution is 6.26. The second-order valence-electron chi connectivity index (χ2n) is 11.7. The number of aliphatic imine (C=N–C) groups is 2. The first-order valence-electron chi connectivity index (χ1n) is 13.0. The van der Waals surface area contributed by atoms with Crippen molar-refractivity contribution in [2.24, 2.45) is 20.8 Å². The number of ketones is 2. The number of rotatable bonds is 6. The highest BCUT2D eigenvalue weighted by atomic mass is 16.3. The lowest BCUT2D eigenvalue weighted by molar-refractivity contribution is -0.118. The molecule has 0 aliphatic heterocycles. The van der Waals surface area contributed by atoms with Crippen molar-refractivity contribution in [1.29, 1.82) is 0 Å². The summed E-state index contributed by atoms with van der Waals surface area (Å²) < 4.78 is 0. The normalized spacial score (nSPS) is 24.8. The molecule has 2 aliphatic rings. The molecule has 2 fully saturated rings. The maximum absolute atomic E-state index is 12.8. The quantitative estimate of drug-likeness (QED) is 0.312. The Kier molecular flexibility index (Phi) is 8.37. The molecule has 3 rings (SSSR count). The Balaban J connectivity index is 1.98. The molecule has 2 N–H and O–H groups in total. The molecular formula is C30H40N2O4. The van der Waals surface area contributed by atoms with E-state index < -0.39 is 0 Å². The lowest BCUT2D eigenvalue weighted by atomic mass is 9.73. The fourth-order valence-corrected chi connectivity index (χ4v) is 5.06. The van der Waals surface area contributed by atoms with Crippen LogP contribution in [0.15, 0.2) is 56.9 Å². The first-order valence-corrected chi connectivity index (χ1v) is 13.0. The van der Waals surface area contributed by atoms with E-state index in [1.54, 1.807) is 0 Å². The average molecular weight is 493 g/mol. The van der Waals surface area contributed by atoms with Gasteiger partial charge in [-0.3, -0.25) is 19.6 Å². The van der Waals surface area contributed by atoms with Crippen LogP contribution in [0.1, 0.15) is 92.9 Å². The van der Waals surface area contributed by atoms with Crippen LogP contribution in [-0.4, -0.2) is 33.2 Å². The number of nitrogens with zero attached hydrogens (tertiary/aromatic N) is 2. The molecule has 0 spiro atoms. The van der Waals surface area contributed by atoms with Gasteiger partial charge in [0.15, 0.2) is 11.6 Å². The van der Waals surface area contributed by atoms with Gasteiger partial charge >= 0.3 is 0 Å². The van der Waals surface area contributed by atoms with E-state index in [4.69, 9.17) is 9.98 Å². The Bertz CT molecular complexity index is 1060. The van der Waals surface area contributed by atoms with Gasteiger partial charge in [0.1, 0.15) is 11.5 Å². The number of benzene rings is 1. The lowest BCUT2D eigenvalue weighted by Crippen LogP contribution is -2.32. The molecular weight excluding hydrogens is 452 g/mol. The molecule has 0 saturated heterocycles. The predicted octanol–water partition coefficient (Wildman–Crippen LogP) is 7.83. The van der Waals surface area contributed by atoms with Crippen molar-refractivity contribution in [3.05, 3.63) is 46.9 Å². The highest BCUT2D eigenvalue weighted by Crippen LogP contribution is 2.38. The number of allylic oxidation sites excluding steroid dienone is 4. The van der Waals surface area contributed by atoms with Crippen molar-refractivity contribution in [3.63, 3.8) is 0 Å². The van der Waals surface area contributed by atoms with Gasteiger partial charge in [0.05, 0.1) is 33.9 Å². The van der Waals surface area contributed by atoms with Gasteiger partial charge in [-0.15, -0.1) is 0 Å². The molecule has 2 aliphatic carbocycles. The molecule has 0 unspecified atom stereocenters. The fraction of sp³-hybridized carbons (Fsp3) is 0.533. The summed E-state index contributed by atoms with van der Waals surface area (Å²) in [4.78, 5) is 35.2. The molecule has 1 aromatic carbocycles. The zero-order valence-electron chi connectivity index (χ0n) is 22.6. The van der Waals surface area contributed by atoms with Gasteiger partial charge in [-0.05, 0) is 60.8 Å². The van der Waals surface area contributed by atoms with Gasteiger partial charge in [0.25, 0.3) is 0 Å². The fourth-order valence-electron chi connectivity index (χ4n) is 5.06. The number of hydrogen-bond donors (Lipinski definition) is 2. The lowest BCUT2D eigenvalue weighted by Gasteiger charge is -2.31. The molecule has 6 nitrogen and oxygen atoms in total. The van der Waals surface area contributed by atoms with E-state index in [0.717, 1.165) is 12.8 Å². The van der Waals surface area contributed by atoms with Gasteiger partial charge in [0.2, 0.25) is 0 Å². The standard InChI is InChI=1S/C30H40N2O4/c1-7-9-23(33)27-21(15-29(3,4)17-25(27)35)31-19-11-13-20(14-12-19)32-22-16-30(5,6)18-26(36)28(22)24(34)10-8-2/h11-14,33-34H,7-10,15-18H2,1-6H3. The largest absolute Gasteiger partial charge is 0.511 e. The smallest absolute Gasteiger partial charge is 0.168 e. The van der Waals surface area contributed by atoms with Crippen LogP contribution in [0.4, 0.5) is 11.4 Å². The third kappa shape index (κ3) is 6.59. The number of hydrogen-bond acceptors (Lipinski definition) is 6. The van der Waals surface area contributed by atoms with Gasteiger partial charge in [-0.25, -0.2) is 0 Å². The molecule has 0 amide bonds. The van der Waals surface area contributed by atoms with Crippen molar-refractivity contribution in [3.8, 4) is 0 Å². The average Bonchev–Trinajstić information content (AvgIpc) is 2.73. The number of carbonyl (C=O) groups is 2. The number of aliphatic hydroxyl groups excluding tert-OH is 2. The minimum Gasteiger partial charge on any atom is -0.511 e. The van der Waals surface area contributed by atoms with E-state index >= 15 is 0 Å². The molecule has 0 heterocycles. The van der Waals surface area contributed by atoms with E-state index in [9.17, 15) is 19.8 Å². The number of aliphatic hydroxyl groups is 2. The van der Waals surface area contributed by atoms with Crippen LogP contribution in [0.25, 0.3) is 0 Å². The topological polar surface area (TPSA) is 99.3 Å². The molecule has 194 valence electrons. The number of Topliss-reactive ketones (excluding diaryl/α,β-unsaturated/α-hetero) is 2. The molecule has 6 heteroatoms. The minimum absolute atomic E-state index is 0.0604. The molecule has 0 radical (unpaired) electrons. The van der Waals surface area contributed by atoms with Crippen LogP contribution in [-0.2, 0) is 9.59 Å². The highest BCUT2D eigenvalue weighted by Gasteiger charge is 2.37. The molecule has 0 atom stereocenters. The molecule has 36 heavy (non-hydrogen) atoms. The maximum Gasteiger partial charge on any atom is 0.168 e. The Hall–Kier alpha value is -3.02. The van der Waals surface area contributed by atoms with Crippen molar-refractivity contribution in [1.82, 2.24) is 0 Å². The van der Waals surface area contributed by atoms with Crippen LogP contribution in [0.3, 0.4) is 0 Å². The maximum atomic E-state index is 12.8. The van der Waals surface area contributed by atoms with Crippen molar-refractivity contribution < 1.29 is 19.8 Å². The predicted molar refractivity (Wildman–Crippen MR) is 146 cm³/mol. The van der Waals surface area contributed by atoms with Crippen LogP contribution in [0.5, 0.6) is 0 Å². The van der Waals surface area contributed by atoms with Crippen LogP contribution < -0.4 is 0 Å². The summed E-state index contributed by atoms with van der Waals surface area (Å²) >= 11 is 0. The van der Waals surface area contributed by atoms with Crippen molar-refractivity contribution in [2.45, 2.75) is 92.9 Å². The summed E-state index contributed by atoms with van der Waals surface area (Å²) in [5.41, 5.74) is 2.88. The summed E-state index contributed by atoms with van der Waals surface area (Å²) in [6.45, 7) is 12.1. The zero-order valence-corrected chi connectivity index (χ0v) is 22.6. The number of carbonyl (C=O) groups excluding carboxylic acids is 2. The molecule has 1 aromatic rings. The second kappa shape index (κ2) is 10.9. The Morgan fingerprint density at radius 1 is 0.694 bits per heavy atom. The van der Waals surface area contributed by atoms with E-state index in [0.29, 0.717) is 72.5 Å². The summed E-state index contributed by atoms with van der Waals surface area (Å²) in [6, 6.07) is 7.33. The van der Waals surface area contributed by atoms with E-state index in [1.165, 1.54) is 0 Å². The van der Waals surface area contributed by atoms with E-state index in [-0.39, 0.29) is 33.9 Å². The second-order valence-corrected chi connectivity index (χ2v) is 11.7. The summed E-state index contributed by atoms with van der Waals surface area (Å²) in [5, 5.41) is 21.1. The summed E-state index contributed by atoms with van der Waals surface area (Å²) in [5.74, 6) is 0.121. The molecule has 2 saturated carbocycles. The van der Waals surface area contributed by atoms with Crippen LogP contribution >= 0.6 is 0 Å². The monoisotopic (exact) mass is 492 g/mol. The molecule has 0 bridgehead atoms. The third-order valence-corrected chi connectivity index (χ3v) is 6.63. The Morgan fingerprint density at radius 2 is 1.03 bits per heavy atom. The van der Waals surface area contributed by atoms with Gasteiger partial charge < -0.3 is 10.2 Å². The van der Waals surface area contributed by atoms with Gasteiger partial charge in [-0.2, -0.15) is 0 Å². The van der Waals surface area contributed by atoms with Crippen molar-refractivity contribution >= 4 is 34.4 Å². The first-order chi connectivity index (χ1) is 16.9. The van der Waals surface area contributed by atoms with Crippen LogP contribution in [0, 0.1) is 10.8 Å².